The number of imidazole rings is 1. The maximum Gasteiger partial charge on any atom is 0.487 e. The molecule has 5 rings (SSSR count). The van der Waals surface area contributed by atoms with Crippen molar-refractivity contribution in [2.24, 2.45) is 0 Å². The first-order chi connectivity index (χ1) is 15.8. The fourth-order valence-electron chi connectivity index (χ4n) is 3.65. The van der Waals surface area contributed by atoms with Crippen LogP contribution < -0.4 is 14.8 Å². The Morgan fingerprint density at radius 2 is 2.09 bits per heavy atom. The number of amides is 1. The van der Waals surface area contributed by atoms with Gasteiger partial charge >= 0.3 is 5.57 Å². The van der Waals surface area contributed by atoms with Crippen molar-refractivity contribution in [3.05, 3.63) is 54.2 Å². The average molecular weight is 476 g/mol. The molecular formula is C21H16ClF2N5O4. The lowest BCUT2D eigenvalue weighted by molar-refractivity contribution is -0.0964. The zero-order valence-corrected chi connectivity index (χ0v) is 17.5. The number of halogens is 3. The van der Waals surface area contributed by atoms with E-state index in [0.717, 1.165) is 0 Å². The number of alkyl halides is 3. The number of anilines is 1. The molecule has 2 aromatic heterocycles. The maximum absolute atomic E-state index is 13.0. The van der Waals surface area contributed by atoms with E-state index >= 15 is 0 Å². The summed E-state index contributed by atoms with van der Waals surface area (Å²) >= 11 is 4.76. The molecule has 9 nitrogen and oxygen atoms in total. The number of nitrogens with zero attached hydrogens (tertiary/aromatic N) is 3. The molecule has 0 bridgehead atoms. The lowest BCUT2D eigenvalue weighted by atomic mass is 10.0. The summed E-state index contributed by atoms with van der Waals surface area (Å²) in [6.45, 7) is 0.430. The molecule has 0 radical (unpaired) electrons. The highest BCUT2D eigenvalue weighted by Gasteiger charge is 2.28. The number of aliphatic hydroxyl groups is 1. The molecule has 0 saturated carbocycles. The van der Waals surface area contributed by atoms with Gasteiger partial charge in [0.25, 0.3) is 11.9 Å². The first-order valence-electron chi connectivity index (χ1n) is 9.79. The van der Waals surface area contributed by atoms with Crippen molar-refractivity contribution in [3.8, 4) is 23.0 Å². The van der Waals surface area contributed by atoms with Gasteiger partial charge in [-0.15, -0.1) is 8.78 Å². The molecule has 0 aliphatic carbocycles. The Kier molecular flexibility index (Phi) is 5.14. The topological polar surface area (TPSA) is 114 Å². The van der Waals surface area contributed by atoms with Crippen LogP contribution >= 0.6 is 11.6 Å². The molecule has 0 fully saturated rings. The summed E-state index contributed by atoms with van der Waals surface area (Å²) in [6.07, 6.45) is 0.902. The Bertz CT molecular complexity index is 1320. The van der Waals surface area contributed by atoms with Crippen LogP contribution in [0.5, 0.6) is 11.8 Å². The van der Waals surface area contributed by atoms with E-state index in [9.17, 15) is 18.7 Å². The van der Waals surface area contributed by atoms with Crippen molar-refractivity contribution in [2.75, 3.05) is 11.9 Å². The molecule has 4 aromatic rings. The van der Waals surface area contributed by atoms with Gasteiger partial charge < -0.3 is 19.9 Å². The molecule has 33 heavy (non-hydrogen) atoms. The number of H-pyrrole nitrogens is 1. The molecule has 3 N–H and O–H groups in total. The lowest BCUT2D eigenvalue weighted by Gasteiger charge is -2.21. The van der Waals surface area contributed by atoms with Gasteiger partial charge in [-0.05, 0) is 42.5 Å². The van der Waals surface area contributed by atoms with Gasteiger partial charge in [-0.2, -0.15) is 10.1 Å². The van der Waals surface area contributed by atoms with Gasteiger partial charge in [-0.3, -0.25) is 14.5 Å². The quantitative estimate of drug-likeness (QED) is 0.380. The monoisotopic (exact) mass is 475 g/mol. The number of carbonyl (C=O) groups excluding carboxylic acids is 1. The highest BCUT2D eigenvalue weighted by Crippen LogP contribution is 2.34. The predicted molar refractivity (Wildman–Crippen MR) is 115 cm³/mol. The largest absolute Gasteiger partial charge is 0.487 e. The molecule has 2 aromatic carbocycles. The van der Waals surface area contributed by atoms with Gasteiger partial charge in [0, 0.05) is 34.6 Å². The second-order valence-corrected chi connectivity index (χ2v) is 7.80. The molecule has 3 heterocycles. The number of rotatable bonds is 5. The molecule has 1 aliphatic heterocycles. The van der Waals surface area contributed by atoms with Crippen molar-refractivity contribution in [1.29, 1.82) is 0 Å². The first kappa shape index (κ1) is 21.2. The summed E-state index contributed by atoms with van der Waals surface area (Å²) in [5.74, 6) is -0.595. The van der Waals surface area contributed by atoms with E-state index in [0.29, 0.717) is 46.1 Å². The van der Waals surface area contributed by atoms with E-state index < -0.39 is 17.6 Å². The summed E-state index contributed by atoms with van der Waals surface area (Å²) in [6, 6.07) is 10.7. The van der Waals surface area contributed by atoms with Crippen LogP contribution in [0, 0.1) is 0 Å². The third-order valence-corrected chi connectivity index (χ3v) is 5.08. The number of fused-ring (bicyclic) bond motifs is 3. The smallest absolute Gasteiger partial charge is 0.462 e. The van der Waals surface area contributed by atoms with Crippen LogP contribution in [0.4, 0.5) is 14.5 Å². The van der Waals surface area contributed by atoms with Gasteiger partial charge in [-0.25, -0.2) is 0 Å². The van der Waals surface area contributed by atoms with Crippen molar-refractivity contribution in [1.82, 2.24) is 19.7 Å². The van der Waals surface area contributed by atoms with Crippen LogP contribution in [0.3, 0.4) is 0 Å². The fourth-order valence-corrected chi connectivity index (χ4v) is 3.74. The van der Waals surface area contributed by atoms with Crippen molar-refractivity contribution < 1.29 is 28.2 Å². The highest BCUT2D eigenvalue weighted by molar-refractivity contribution is 6.20. The van der Waals surface area contributed by atoms with E-state index in [1.165, 1.54) is 24.3 Å². The minimum Gasteiger partial charge on any atom is -0.462 e. The maximum atomic E-state index is 13.0. The van der Waals surface area contributed by atoms with Crippen LogP contribution in [0.1, 0.15) is 10.4 Å². The average Bonchev–Trinajstić information content (AvgIpc) is 3.41. The summed E-state index contributed by atoms with van der Waals surface area (Å²) in [5, 5.41) is 19.6. The van der Waals surface area contributed by atoms with E-state index in [-0.39, 0.29) is 12.4 Å². The third kappa shape index (κ3) is 4.32. The van der Waals surface area contributed by atoms with Gasteiger partial charge in [0.05, 0.1) is 23.3 Å². The molecule has 0 unspecified atom stereocenters. The number of hydrogen-bond donors (Lipinski definition) is 3. The molecule has 0 saturated heterocycles. The van der Waals surface area contributed by atoms with Crippen molar-refractivity contribution in [3.63, 3.8) is 0 Å². The zero-order valence-electron chi connectivity index (χ0n) is 16.8. The van der Waals surface area contributed by atoms with Gasteiger partial charge in [-0.1, -0.05) is 0 Å². The van der Waals surface area contributed by atoms with Gasteiger partial charge in [0.15, 0.2) is 0 Å². The van der Waals surface area contributed by atoms with Crippen molar-refractivity contribution >= 4 is 34.2 Å². The second-order valence-electron chi connectivity index (χ2n) is 7.36. The Morgan fingerprint density at radius 3 is 2.79 bits per heavy atom. The normalized spacial score (nSPS) is 15.7. The summed E-state index contributed by atoms with van der Waals surface area (Å²) in [7, 11) is 0. The van der Waals surface area contributed by atoms with Crippen LogP contribution in [0.25, 0.3) is 22.3 Å². The van der Waals surface area contributed by atoms with E-state index in [2.05, 4.69) is 25.2 Å². The molecule has 1 amide bonds. The Morgan fingerprint density at radius 1 is 1.30 bits per heavy atom. The number of benzene rings is 2. The lowest BCUT2D eigenvalue weighted by Crippen LogP contribution is -2.29. The van der Waals surface area contributed by atoms with E-state index in [1.54, 1.807) is 29.0 Å². The molecular weight excluding hydrogens is 460 g/mol. The minimum absolute atomic E-state index is 0.130. The Labute approximate surface area is 189 Å². The highest BCUT2D eigenvalue weighted by atomic mass is 35.5. The van der Waals surface area contributed by atoms with Crippen molar-refractivity contribution in [2.45, 2.75) is 18.2 Å². The Hall–Kier alpha value is -3.70. The molecule has 170 valence electrons. The molecule has 1 aliphatic rings. The molecule has 1 atom stereocenters. The standard InChI is InChI=1S/C21H16ClF2N5O4/c22-21(23,24)33-14-3-1-12(2-4-14)26-19(31)11-7-15(16-5-6-25-28-16)18-17(8-11)27-20-29(18)9-13(30)10-32-20/h1-8,13,30H,9-10H2,(H,25,28)(H,26,31)/t13-/m0/s1. The SMILES string of the molecule is O=C(Nc1ccc(OC(F)(F)Cl)cc1)c1cc(-c2ccn[nH]2)c2c(c1)nc1n2C[C@H](O)CO1. The second kappa shape index (κ2) is 8.01. The van der Waals surface area contributed by atoms with Gasteiger partial charge in [0.1, 0.15) is 18.5 Å². The van der Waals surface area contributed by atoms with Crippen LogP contribution in [-0.2, 0) is 6.54 Å². The summed E-state index contributed by atoms with van der Waals surface area (Å²) in [4.78, 5) is 17.4. The minimum atomic E-state index is -3.83. The number of aliphatic hydroxyl groups excluding tert-OH is 1. The number of ether oxygens (including phenoxy) is 2. The Balaban J connectivity index is 1.49. The fraction of sp³-hybridized carbons (Fsp3) is 0.190. The third-order valence-electron chi connectivity index (χ3n) is 5.00. The molecule has 0 spiro atoms. The van der Waals surface area contributed by atoms with Crippen LogP contribution in [0.15, 0.2) is 48.7 Å². The summed E-state index contributed by atoms with van der Waals surface area (Å²) < 4.78 is 37.1. The van der Waals surface area contributed by atoms with E-state index in [1.807, 2.05) is 0 Å². The predicted octanol–water partition coefficient (Wildman–Crippen LogP) is 3.60. The molecule has 12 heteroatoms. The number of carbonyl (C=O) groups is 1. The van der Waals surface area contributed by atoms with Gasteiger partial charge in [0.2, 0.25) is 0 Å². The van der Waals surface area contributed by atoms with E-state index in [4.69, 9.17) is 16.3 Å². The first-order valence-corrected chi connectivity index (χ1v) is 10.2. The summed E-state index contributed by atoms with van der Waals surface area (Å²) in [5.41, 5.74) is -0.662. The zero-order chi connectivity index (χ0) is 23.2. The number of hydrogen-bond acceptors (Lipinski definition) is 6. The van der Waals surface area contributed by atoms with Crippen LogP contribution in [0.2, 0.25) is 0 Å². The number of aromatic nitrogens is 4. The van der Waals surface area contributed by atoms with Crippen LogP contribution in [-0.4, -0.2) is 49.0 Å². The number of nitrogens with one attached hydrogen (secondary N) is 2. The number of aromatic amines is 1.